The van der Waals surface area contributed by atoms with Gasteiger partial charge in [-0.1, -0.05) is 19.1 Å². The van der Waals surface area contributed by atoms with Crippen molar-refractivity contribution < 1.29 is 14.0 Å². The van der Waals surface area contributed by atoms with Crippen molar-refractivity contribution in [2.75, 3.05) is 11.9 Å². The first kappa shape index (κ1) is 17.3. The number of nitrogens with zero attached hydrogens (tertiary/aromatic N) is 3. The Balaban J connectivity index is 1.49. The van der Waals surface area contributed by atoms with E-state index in [0.29, 0.717) is 24.8 Å². The van der Waals surface area contributed by atoms with Gasteiger partial charge < -0.3 is 13.9 Å². The van der Waals surface area contributed by atoms with E-state index >= 15 is 0 Å². The van der Waals surface area contributed by atoms with Crippen molar-refractivity contribution in [1.29, 1.82) is 0 Å². The van der Waals surface area contributed by atoms with E-state index in [1.807, 2.05) is 34.9 Å². The summed E-state index contributed by atoms with van der Waals surface area (Å²) in [5.74, 6) is 0.669. The highest BCUT2D eigenvalue weighted by atomic mass is 16.3. The molecule has 1 aliphatic rings. The Kier molecular flexibility index (Phi) is 4.66. The van der Waals surface area contributed by atoms with E-state index in [4.69, 9.17) is 4.42 Å². The van der Waals surface area contributed by atoms with E-state index in [1.165, 1.54) is 0 Å². The average Bonchev–Trinajstić information content (AvgIpc) is 3.37. The number of nitrogens with one attached hydrogen (secondary N) is 1. The minimum atomic E-state index is -0.387. The number of rotatable bonds is 6. The lowest BCUT2D eigenvalue weighted by molar-refractivity contribution is -0.128. The van der Waals surface area contributed by atoms with Gasteiger partial charge in [-0.15, -0.1) is 0 Å². The summed E-state index contributed by atoms with van der Waals surface area (Å²) in [4.78, 5) is 31.3. The molecule has 0 radical (unpaired) electrons. The number of carbonyl (C=O) groups excluding carboxylic acids is 2. The van der Waals surface area contributed by atoms with Gasteiger partial charge in [0, 0.05) is 19.5 Å². The van der Waals surface area contributed by atoms with Crippen LogP contribution in [0.15, 0.2) is 47.1 Å². The molecule has 1 fully saturated rings. The molecular weight excluding hydrogens is 344 g/mol. The highest BCUT2D eigenvalue weighted by Crippen LogP contribution is 2.24. The average molecular weight is 366 g/mol. The summed E-state index contributed by atoms with van der Waals surface area (Å²) in [5.41, 5.74) is 1.85. The number of para-hydroxylation sites is 2. The van der Waals surface area contributed by atoms with Crippen LogP contribution < -0.4 is 5.32 Å². The van der Waals surface area contributed by atoms with Gasteiger partial charge in [0.2, 0.25) is 17.8 Å². The third-order valence-corrected chi connectivity index (χ3v) is 4.85. The van der Waals surface area contributed by atoms with Gasteiger partial charge in [-0.2, -0.15) is 0 Å². The number of carbonyl (C=O) groups is 2. The second-order valence-corrected chi connectivity index (χ2v) is 6.82. The Labute approximate surface area is 157 Å². The molecule has 0 spiro atoms. The Bertz CT molecular complexity index is 961. The molecule has 1 atom stereocenters. The fourth-order valence-corrected chi connectivity index (χ4v) is 3.52. The summed E-state index contributed by atoms with van der Waals surface area (Å²) in [5, 5.41) is 2.94. The normalized spacial score (nSPS) is 17.0. The van der Waals surface area contributed by atoms with Crippen molar-refractivity contribution in [3.63, 3.8) is 0 Å². The van der Waals surface area contributed by atoms with E-state index < -0.39 is 0 Å². The predicted molar refractivity (Wildman–Crippen MR) is 101 cm³/mol. The molecule has 140 valence electrons. The van der Waals surface area contributed by atoms with Gasteiger partial charge in [0.1, 0.15) is 5.76 Å². The fraction of sp³-hybridized carbons (Fsp3) is 0.350. The van der Waals surface area contributed by atoms with Crippen LogP contribution in [0.4, 0.5) is 5.95 Å². The summed E-state index contributed by atoms with van der Waals surface area (Å²) < 4.78 is 7.32. The Morgan fingerprint density at radius 3 is 2.93 bits per heavy atom. The molecule has 0 aliphatic carbocycles. The van der Waals surface area contributed by atoms with Crippen LogP contribution in [-0.2, 0) is 22.7 Å². The smallest absolute Gasteiger partial charge is 0.232 e. The van der Waals surface area contributed by atoms with Gasteiger partial charge in [-0.05, 0) is 30.7 Å². The van der Waals surface area contributed by atoms with E-state index in [9.17, 15) is 9.59 Å². The lowest BCUT2D eigenvalue weighted by Gasteiger charge is -2.15. The molecule has 2 aromatic heterocycles. The van der Waals surface area contributed by atoms with Crippen molar-refractivity contribution in [3.8, 4) is 0 Å². The first-order chi connectivity index (χ1) is 13.2. The highest BCUT2D eigenvalue weighted by Gasteiger charge is 2.35. The molecule has 0 saturated carbocycles. The second kappa shape index (κ2) is 7.26. The van der Waals surface area contributed by atoms with Gasteiger partial charge in [0.25, 0.3) is 0 Å². The van der Waals surface area contributed by atoms with E-state index in [2.05, 4.69) is 17.2 Å². The lowest BCUT2D eigenvalue weighted by atomic mass is 10.1. The van der Waals surface area contributed by atoms with Gasteiger partial charge in [-0.25, -0.2) is 4.98 Å². The number of fused-ring (bicyclic) bond motifs is 1. The molecule has 1 saturated heterocycles. The maximum atomic E-state index is 12.8. The summed E-state index contributed by atoms with van der Waals surface area (Å²) in [7, 11) is 0. The van der Waals surface area contributed by atoms with Crippen LogP contribution in [0.3, 0.4) is 0 Å². The van der Waals surface area contributed by atoms with Crippen molar-refractivity contribution in [2.45, 2.75) is 32.9 Å². The standard InChI is InChI=1S/C20H22N4O3/c1-2-9-24-17-8-4-3-7-16(17)21-20(24)22-19(26)14-11-18(25)23(12-14)13-15-6-5-10-27-15/h3-8,10,14H,2,9,11-13H2,1H3,(H,21,22,26)/t14-/m1/s1. The molecule has 1 aliphatic heterocycles. The van der Waals surface area contributed by atoms with Crippen LogP contribution in [0, 0.1) is 5.92 Å². The van der Waals surface area contributed by atoms with E-state index in [1.54, 1.807) is 17.2 Å². The number of furan rings is 1. The summed E-state index contributed by atoms with van der Waals surface area (Å²) in [6.45, 7) is 3.64. The molecule has 2 amide bonds. The third kappa shape index (κ3) is 3.45. The number of hydrogen-bond donors (Lipinski definition) is 1. The molecule has 7 nitrogen and oxygen atoms in total. The van der Waals surface area contributed by atoms with Gasteiger partial charge in [0.05, 0.1) is 29.8 Å². The number of hydrogen-bond acceptors (Lipinski definition) is 4. The minimum absolute atomic E-state index is 0.0337. The molecule has 0 bridgehead atoms. The van der Waals surface area contributed by atoms with Crippen molar-refractivity contribution in [2.24, 2.45) is 5.92 Å². The number of likely N-dealkylation sites (tertiary alicyclic amines) is 1. The summed E-state index contributed by atoms with van der Waals surface area (Å²) in [6.07, 6.45) is 2.72. The number of aryl methyl sites for hydroxylation is 1. The van der Waals surface area contributed by atoms with Crippen molar-refractivity contribution >= 4 is 28.8 Å². The molecule has 27 heavy (non-hydrogen) atoms. The number of anilines is 1. The maximum absolute atomic E-state index is 12.8. The van der Waals surface area contributed by atoms with Crippen molar-refractivity contribution in [3.05, 3.63) is 48.4 Å². The number of benzene rings is 1. The van der Waals surface area contributed by atoms with Crippen LogP contribution in [0.2, 0.25) is 0 Å². The fourth-order valence-electron chi connectivity index (χ4n) is 3.52. The number of aromatic nitrogens is 2. The zero-order valence-corrected chi connectivity index (χ0v) is 15.2. The first-order valence-corrected chi connectivity index (χ1v) is 9.22. The Morgan fingerprint density at radius 1 is 1.30 bits per heavy atom. The van der Waals surface area contributed by atoms with Crippen LogP contribution in [-0.4, -0.2) is 32.8 Å². The first-order valence-electron chi connectivity index (χ1n) is 9.22. The quantitative estimate of drug-likeness (QED) is 0.727. The summed E-state index contributed by atoms with van der Waals surface area (Å²) in [6, 6.07) is 11.4. The number of imidazole rings is 1. The number of amides is 2. The zero-order chi connectivity index (χ0) is 18.8. The molecule has 3 heterocycles. The summed E-state index contributed by atoms with van der Waals surface area (Å²) >= 11 is 0. The largest absolute Gasteiger partial charge is 0.467 e. The Hall–Kier alpha value is -3.09. The van der Waals surface area contributed by atoms with Gasteiger partial charge >= 0.3 is 0 Å². The minimum Gasteiger partial charge on any atom is -0.467 e. The SMILES string of the molecule is CCCn1c(NC(=O)[C@@H]2CC(=O)N(Cc3ccco3)C2)nc2ccccc21. The maximum Gasteiger partial charge on any atom is 0.232 e. The van der Waals surface area contributed by atoms with E-state index in [-0.39, 0.29) is 24.2 Å². The van der Waals surface area contributed by atoms with E-state index in [0.717, 1.165) is 24.0 Å². The molecule has 7 heteroatoms. The second-order valence-electron chi connectivity index (χ2n) is 6.82. The molecule has 0 unspecified atom stereocenters. The van der Waals surface area contributed by atoms with Gasteiger partial charge in [-0.3, -0.25) is 14.9 Å². The Morgan fingerprint density at radius 2 is 2.15 bits per heavy atom. The molecule has 1 N–H and O–H groups in total. The predicted octanol–water partition coefficient (Wildman–Crippen LogP) is 3.03. The topological polar surface area (TPSA) is 80.4 Å². The van der Waals surface area contributed by atoms with Crippen LogP contribution in [0.1, 0.15) is 25.5 Å². The molecule has 1 aromatic carbocycles. The molecule has 3 aromatic rings. The highest BCUT2D eigenvalue weighted by molar-refractivity contribution is 5.97. The zero-order valence-electron chi connectivity index (χ0n) is 15.2. The van der Waals surface area contributed by atoms with Crippen LogP contribution >= 0.6 is 0 Å². The molecular formula is C20H22N4O3. The monoisotopic (exact) mass is 366 g/mol. The van der Waals surface area contributed by atoms with Crippen LogP contribution in [0.25, 0.3) is 11.0 Å². The van der Waals surface area contributed by atoms with Crippen LogP contribution in [0.5, 0.6) is 0 Å². The molecule has 4 rings (SSSR count). The van der Waals surface area contributed by atoms with Crippen molar-refractivity contribution in [1.82, 2.24) is 14.5 Å². The lowest BCUT2D eigenvalue weighted by Crippen LogP contribution is -2.28. The third-order valence-electron chi connectivity index (χ3n) is 4.85. The van der Waals surface area contributed by atoms with Gasteiger partial charge in [0.15, 0.2) is 0 Å².